The molecule has 0 aromatic carbocycles. The van der Waals surface area contributed by atoms with E-state index in [1.807, 2.05) is 23.9 Å². The van der Waals surface area contributed by atoms with Gasteiger partial charge in [0, 0.05) is 32.7 Å². The number of hydrogen-bond acceptors (Lipinski definition) is 4. The van der Waals surface area contributed by atoms with E-state index in [0.717, 1.165) is 58.3 Å². The van der Waals surface area contributed by atoms with Crippen molar-refractivity contribution in [1.82, 2.24) is 14.7 Å². The fourth-order valence-corrected chi connectivity index (χ4v) is 4.27. The molecular formula is C20H33N3O3. The number of carbonyl (C=O) groups excluding carboxylic acids is 2. The Morgan fingerprint density at radius 2 is 1.96 bits per heavy atom. The second kappa shape index (κ2) is 7.69. The van der Waals surface area contributed by atoms with Crippen LogP contribution in [0.15, 0.2) is 12.2 Å². The molecule has 1 unspecified atom stereocenters. The Labute approximate surface area is 157 Å². The minimum Gasteiger partial charge on any atom is -0.363 e. The highest BCUT2D eigenvalue weighted by atomic mass is 16.5. The maximum Gasteiger partial charge on any atom is 0.248 e. The molecule has 3 rings (SSSR count). The molecule has 2 heterocycles. The highest BCUT2D eigenvalue weighted by molar-refractivity contribution is 5.83. The van der Waals surface area contributed by atoms with Crippen molar-refractivity contribution in [2.45, 2.75) is 44.6 Å². The molecule has 6 nitrogen and oxygen atoms in total. The van der Waals surface area contributed by atoms with Crippen LogP contribution in [0.25, 0.3) is 0 Å². The Morgan fingerprint density at radius 3 is 2.58 bits per heavy atom. The lowest BCUT2D eigenvalue weighted by molar-refractivity contribution is -0.175. The lowest BCUT2D eigenvalue weighted by atomic mass is 9.77. The maximum atomic E-state index is 13.0. The molecule has 2 aliphatic heterocycles. The van der Waals surface area contributed by atoms with Crippen molar-refractivity contribution in [3.8, 4) is 0 Å². The van der Waals surface area contributed by atoms with Gasteiger partial charge in [0.25, 0.3) is 0 Å². The van der Waals surface area contributed by atoms with E-state index in [2.05, 4.69) is 24.0 Å². The van der Waals surface area contributed by atoms with Gasteiger partial charge in [-0.25, -0.2) is 0 Å². The normalized spacial score (nSPS) is 28.8. The van der Waals surface area contributed by atoms with Gasteiger partial charge in [0.05, 0.1) is 11.0 Å². The van der Waals surface area contributed by atoms with E-state index < -0.39 is 0 Å². The minimum absolute atomic E-state index is 0.0810. The molecule has 2 fully saturated rings. The van der Waals surface area contributed by atoms with Crippen LogP contribution in [0.1, 0.15) is 39.0 Å². The third kappa shape index (κ3) is 4.12. The molecule has 1 spiro atoms. The number of ether oxygens (including phenoxy) is 1. The van der Waals surface area contributed by atoms with Crippen LogP contribution in [0, 0.1) is 5.41 Å². The lowest BCUT2D eigenvalue weighted by Crippen LogP contribution is -2.60. The van der Waals surface area contributed by atoms with Crippen molar-refractivity contribution in [2.24, 2.45) is 5.41 Å². The van der Waals surface area contributed by atoms with Crippen molar-refractivity contribution < 1.29 is 14.3 Å². The molecule has 1 aliphatic carbocycles. The number of likely N-dealkylation sites (N-methyl/N-ethyl adjacent to an activating group) is 1. The zero-order valence-corrected chi connectivity index (χ0v) is 16.5. The van der Waals surface area contributed by atoms with Crippen molar-refractivity contribution in [2.75, 3.05) is 53.4 Å². The fraction of sp³-hybridized carbons (Fsp3) is 0.800. The summed E-state index contributed by atoms with van der Waals surface area (Å²) in [6.45, 7) is 5.98. The molecule has 1 atom stereocenters. The summed E-state index contributed by atoms with van der Waals surface area (Å²) in [5.74, 6) is 0.366. The number of piperidine rings is 1. The molecular weight excluding hydrogens is 330 g/mol. The van der Waals surface area contributed by atoms with Gasteiger partial charge in [-0.1, -0.05) is 19.1 Å². The van der Waals surface area contributed by atoms with E-state index in [1.165, 1.54) is 0 Å². The van der Waals surface area contributed by atoms with Crippen molar-refractivity contribution in [3.63, 3.8) is 0 Å². The predicted molar refractivity (Wildman–Crippen MR) is 101 cm³/mol. The molecule has 0 radical (unpaired) electrons. The molecule has 26 heavy (non-hydrogen) atoms. The summed E-state index contributed by atoms with van der Waals surface area (Å²) in [5, 5.41) is 0. The number of likely N-dealkylation sites (tertiary alicyclic amines) is 1. The molecule has 0 aromatic heterocycles. The number of allylic oxidation sites excluding steroid dienone is 2. The standard InChI is InChI=1S/C20H33N3O3/c1-19(7-5-4-6-8-19)18(25)22-11-9-20(10-12-22)16-23(14-13-21(2)3)17(24)15-26-20/h4-5H,6-16H2,1-3H3. The van der Waals surface area contributed by atoms with E-state index in [4.69, 9.17) is 4.74 Å². The molecule has 2 amide bonds. The first-order valence-corrected chi connectivity index (χ1v) is 9.84. The summed E-state index contributed by atoms with van der Waals surface area (Å²) < 4.78 is 6.00. The van der Waals surface area contributed by atoms with E-state index in [0.29, 0.717) is 6.54 Å². The quantitative estimate of drug-likeness (QED) is 0.711. The lowest BCUT2D eigenvalue weighted by Gasteiger charge is -2.48. The second-order valence-corrected chi connectivity index (χ2v) is 8.66. The van der Waals surface area contributed by atoms with Crippen LogP contribution < -0.4 is 0 Å². The van der Waals surface area contributed by atoms with Gasteiger partial charge in [0.2, 0.25) is 11.8 Å². The number of amides is 2. The SMILES string of the molecule is CN(C)CCN1CC2(CCN(C(=O)C3(C)CC=CCC3)CC2)OCC1=O. The summed E-state index contributed by atoms with van der Waals surface area (Å²) in [6.07, 6.45) is 8.73. The number of rotatable bonds is 4. The molecule has 0 saturated carbocycles. The molecule has 2 saturated heterocycles. The summed E-state index contributed by atoms with van der Waals surface area (Å²) in [7, 11) is 4.04. The molecule has 0 aromatic rings. The van der Waals surface area contributed by atoms with E-state index in [-0.39, 0.29) is 29.4 Å². The topological polar surface area (TPSA) is 53.1 Å². The highest BCUT2D eigenvalue weighted by Crippen LogP contribution is 2.37. The van der Waals surface area contributed by atoms with Crippen molar-refractivity contribution in [1.29, 1.82) is 0 Å². The monoisotopic (exact) mass is 363 g/mol. The number of hydrogen-bond donors (Lipinski definition) is 0. The smallest absolute Gasteiger partial charge is 0.248 e. The molecule has 3 aliphatic rings. The van der Waals surface area contributed by atoms with Crippen LogP contribution in [-0.2, 0) is 14.3 Å². The van der Waals surface area contributed by atoms with Crippen LogP contribution in [0.5, 0.6) is 0 Å². The molecule has 6 heteroatoms. The van der Waals surface area contributed by atoms with E-state index in [9.17, 15) is 9.59 Å². The first-order chi connectivity index (χ1) is 12.3. The number of nitrogens with zero attached hydrogens (tertiary/aromatic N) is 3. The van der Waals surface area contributed by atoms with Gasteiger partial charge in [0.15, 0.2) is 0 Å². The van der Waals surface area contributed by atoms with Crippen LogP contribution >= 0.6 is 0 Å². The van der Waals surface area contributed by atoms with E-state index in [1.54, 1.807) is 0 Å². The van der Waals surface area contributed by atoms with Crippen molar-refractivity contribution in [3.05, 3.63) is 12.2 Å². The van der Waals surface area contributed by atoms with Crippen LogP contribution in [0.3, 0.4) is 0 Å². The zero-order valence-electron chi connectivity index (χ0n) is 16.5. The molecule has 0 bridgehead atoms. The second-order valence-electron chi connectivity index (χ2n) is 8.66. The Kier molecular flexibility index (Phi) is 5.72. The maximum absolute atomic E-state index is 13.0. The minimum atomic E-state index is -0.273. The van der Waals surface area contributed by atoms with Gasteiger partial charge in [-0.3, -0.25) is 9.59 Å². The van der Waals surface area contributed by atoms with Crippen LogP contribution in [-0.4, -0.2) is 85.5 Å². The van der Waals surface area contributed by atoms with Crippen molar-refractivity contribution >= 4 is 11.8 Å². The van der Waals surface area contributed by atoms with Gasteiger partial charge in [-0.15, -0.1) is 0 Å². The third-order valence-electron chi connectivity index (χ3n) is 6.23. The molecule has 146 valence electrons. The average molecular weight is 364 g/mol. The van der Waals surface area contributed by atoms with Crippen LogP contribution in [0.2, 0.25) is 0 Å². The van der Waals surface area contributed by atoms with Crippen LogP contribution in [0.4, 0.5) is 0 Å². The fourth-order valence-electron chi connectivity index (χ4n) is 4.27. The largest absolute Gasteiger partial charge is 0.363 e. The number of morpholine rings is 1. The van der Waals surface area contributed by atoms with Gasteiger partial charge in [-0.2, -0.15) is 0 Å². The Hall–Kier alpha value is -1.40. The van der Waals surface area contributed by atoms with E-state index >= 15 is 0 Å². The van der Waals surface area contributed by atoms with Gasteiger partial charge in [0.1, 0.15) is 6.61 Å². The van der Waals surface area contributed by atoms with Gasteiger partial charge < -0.3 is 19.4 Å². The summed E-state index contributed by atoms with van der Waals surface area (Å²) in [6, 6.07) is 0. The third-order valence-corrected chi connectivity index (χ3v) is 6.23. The summed E-state index contributed by atoms with van der Waals surface area (Å²) >= 11 is 0. The zero-order chi connectivity index (χ0) is 18.8. The van der Waals surface area contributed by atoms with Gasteiger partial charge in [-0.05, 0) is 46.2 Å². The summed E-state index contributed by atoms with van der Waals surface area (Å²) in [4.78, 5) is 31.2. The first-order valence-electron chi connectivity index (χ1n) is 9.84. The Bertz CT molecular complexity index is 567. The van der Waals surface area contributed by atoms with Gasteiger partial charge >= 0.3 is 0 Å². The highest BCUT2D eigenvalue weighted by Gasteiger charge is 2.45. The Balaban J connectivity index is 1.57. The average Bonchev–Trinajstić information content (AvgIpc) is 2.63. The summed E-state index contributed by atoms with van der Waals surface area (Å²) in [5.41, 5.74) is -0.523. The predicted octanol–water partition coefficient (Wildman–Crippen LogP) is 1.51. The number of carbonyl (C=O) groups is 2. The molecule has 0 N–H and O–H groups in total. The Morgan fingerprint density at radius 1 is 1.23 bits per heavy atom. The first kappa shape index (κ1) is 19.4.